The molecule has 0 bridgehead atoms. The molecule has 13 nitrogen and oxygen atoms in total. The first kappa shape index (κ1) is 72.4. The van der Waals surface area contributed by atoms with Gasteiger partial charge in [0.2, 0.25) is 0 Å². The second-order valence-corrected chi connectivity index (χ2v) is 22.2. The van der Waals surface area contributed by atoms with E-state index >= 15 is 0 Å². The van der Waals surface area contributed by atoms with Crippen LogP contribution in [0.4, 0.5) is 0 Å². The van der Waals surface area contributed by atoms with Crippen LogP contribution in [0.25, 0.3) is 0 Å². The Balaban J connectivity index is 4.65. The molecule has 0 aromatic rings. The van der Waals surface area contributed by atoms with E-state index in [2.05, 4.69) is 20.8 Å². The first-order chi connectivity index (χ1) is 36.0. The molecule has 0 amide bonds. The van der Waals surface area contributed by atoms with Crippen molar-refractivity contribution >= 4 is 25.7 Å². The van der Waals surface area contributed by atoms with Crippen molar-refractivity contribution in [2.45, 2.75) is 330 Å². The van der Waals surface area contributed by atoms with Crippen molar-refractivity contribution < 1.29 is 60.9 Å². The largest absolute Gasteiger partial charge is 0.481 e. The molecule has 3 atom stereocenters. The van der Waals surface area contributed by atoms with Crippen LogP contribution in [0.1, 0.15) is 311 Å². The molecule has 0 aromatic carbocycles. The molecule has 14 heteroatoms. The predicted molar refractivity (Wildman–Crippen MR) is 301 cm³/mol. The number of esters is 3. The van der Waals surface area contributed by atoms with E-state index < -0.39 is 26.7 Å². The summed E-state index contributed by atoms with van der Waals surface area (Å²) in [6, 6.07) is 0. The summed E-state index contributed by atoms with van der Waals surface area (Å²) in [7, 11) is -4.40. The first-order valence-electron chi connectivity index (χ1n) is 31.0. The summed E-state index contributed by atoms with van der Waals surface area (Å²) in [6.07, 6.45) is 46.0. The number of rotatable bonds is 60. The summed E-state index contributed by atoms with van der Waals surface area (Å²) in [5.41, 5.74) is 0. The number of hydrogen-bond acceptors (Lipinski definition) is 13. The second kappa shape index (κ2) is 56.1. The van der Waals surface area contributed by atoms with E-state index in [0.29, 0.717) is 19.3 Å². The maximum atomic E-state index is 14.0. The molecule has 0 spiro atoms. The lowest BCUT2D eigenvalue weighted by Crippen LogP contribution is -2.24. The molecule has 0 rings (SSSR count). The Morgan fingerprint density at radius 2 is 0.459 bits per heavy atom. The van der Waals surface area contributed by atoms with Gasteiger partial charge < -0.3 is 28.4 Å². The molecule has 0 aliphatic carbocycles. The van der Waals surface area contributed by atoms with Gasteiger partial charge in [0.1, 0.15) is 19.8 Å². The lowest BCUT2D eigenvalue weighted by molar-refractivity contribution is -0.165. The third-order valence-corrected chi connectivity index (χ3v) is 15.0. The van der Waals surface area contributed by atoms with Gasteiger partial charge in [0.25, 0.3) is 0 Å². The van der Waals surface area contributed by atoms with Crippen LogP contribution in [0.3, 0.4) is 0 Å². The molecule has 74 heavy (non-hydrogen) atoms. The molecule has 0 aliphatic heterocycles. The number of carbonyl (C=O) groups excluding carboxylic acids is 3. The van der Waals surface area contributed by atoms with Gasteiger partial charge in [-0.2, -0.15) is 0 Å². The molecule has 440 valence electrons. The molecular weight excluding hydrogens is 960 g/mol. The van der Waals surface area contributed by atoms with Crippen LogP contribution in [-0.4, -0.2) is 76.4 Å². The summed E-state index contributed by atoms with van der Waals surface area (Å²) >= 11 is 0. The zero-order valence-electron chi connectivity index (χ0n) is 48.9. The maximum absolute atomic E-state index is 14.0. The average Bonchev–Trinajstić information content (AvgIpc) is 3.37. The average molecular weight is 1080 g/mol. The van der Waals surface area contributed by atoms with Gasteiger partial charge in [0.15, 0.2) is 18.9 Å². The van der Waals surface area contributed by atoms with Crippen LogP contribution in [0.5, 0.6) is 0 Å². The molecule has 0 aliphatic rings. The van der Waals surface area contributed by atoms with E-state index in [1.54, 1.807) is 0 Å². The highest BCUT2D eigenvalue weighted by Gasteiger charge is 2.35. The van der Waals surface area contributed by atoms with E-state index in [9.17, 15) is 18.9 Å². The van der Waals surface area contributed by atoms with Gasteiger partial charge in [-0.15, -0.1) is 0 Å². The molecule has 0 saturated heterocycles. The van der Waals surface area contributed by atoms with Crippen molar-refractivity contribution in [3.05, 3.63) is 0 Å². The third-order valence-electron chi connectivity index (χ3n) is 13.4. The van der Waals surface area contributed by atoms with Gasteiger partial charge >= 0.3 is 25.7 Å². The predicted octanol–water partition coefficient (Wildman–Crippen LogP) is 18.3. The van der Waals surface area contributed by atoms with Crippen LogP contribution in [0.2, 0.25) is 0 Å². The van der Waals surface area contributed by atoms with Gasteiger partial charge in [-0.05, 0) is 40.0 Å². The molecule has 0 fully saturated rings. The van der Waals surface area contributed by atoms with Gasteiger partial charge in [0, 0.05) is 19.3 Å². The SMILES string of the molecule is CCCCCCCCCCCCCCCC(=O)OCCOC(C)OP(=O)(OC(C)OCCOC(=O)CCCCCCCCCCCCCCC)OC(C)OCCOC(=O)CCCCCCCCCCCCCCC. The molecule has 0 N–H and O–H groups in total. The van der Waals surface area contributed by atoms with E-state index in [0.717, 1.165) is 57.8 Å². The fraction of sp³-hybridized carbons (Fsp3) is 0.950. The van der Waals surface area contributed by atoms with Gasteiger partial charge in [-0.1, -0.05) is 252 Å². The van der Waals surface area contributed by atoms with Gasteiger partial charge in [-0.3, -0.25) is 28.0 Å². The smallest absolute Gasteiger partial charge is 0.463 e. The van der Waals surface area contributed by atoms with Crippen molar-refractivity contribution in [3.8, 4) is 0 Å². The number of phosphoric acid groups is 1. The summed E-state index contributed by atoms with van der Waals surface area (Å²) in [6.45, 7) is 11.4. The van der Waals surface area contributed by atoms with Crippen molar-refractivity contribution in [2.24, 2.45) is 0 Å². The number of unbranched alkanes of at least 4 members (excludes halogenated alkanes) is 36. The van der Waals surface area contributed by atoms with E-state index in [1.165, 1.54) is 213 Å². The van der Waals surface area contributed by atoms with Crippen molar-refractivity contribution in [2.75, 3.05) is 39.6 Å². The fourth-order valence-corrected chi connectivity index (χ4v) is 10.3. The first-order valence-corrected chi connectivity index (χ1v) is 32.5. The van der Waals surface area contributed by atoms with Crippen LogP contribution >= 0.6 is 7.82 Å². The zero-order valence-corrected chi connectivity index (χ0v) is 49.8. The van der Waals surface area contributed by atoms with Crippen LogP contribution < -0.4 is 0 Å². The highest BCUT2D eigenvalue weighted by molar-refractivity contribution is 7.48. The van der Waals surface area contributed by atoms with Crippen LogP contribution in [0, 0.1) is 0 Å². The normalized spacial score (nSPS) is 13.6. The Morgan fingerprint density at radius 1 is 0.284 bits per heavy atom. The minimum Gasteiger partial charge on any atom is -0.463 e. The number of phosphoric ester groups is 1. The van der Waals surface area contributed by atoms with Gasteiger partial charge in [-0.25, -0.2) is 4.57 Å². The Labute approximate surface area is 454 Å². The summed E-state index contributed by atoms with van der Waals surface area (Å²) in [5.74, 6) is -0.847. The molecular formula is C60H117O13P. The highest BCUT2D eigenvalue weighted by atomic mass is 31.2. The second-order valence-electron chi connectivity index (χ2n) is 20.7. The fourth-order valence-electron chi connectivity index (χ4n) is 8.90. The highest BCUT2D eigenvalue weighted by Crippen LogP contribution is 2.53. The molecule has 0 saturated carbocycles. The lowest BCUT2D eigenvalue weighted by Gasteiger charge is -2.26. The molecule has 0 aromatic heterocycles. The topological polar surface area (TPSA) is 151 Å². The van der Waals surface area contributed by atoms with E-state index in [-0.39, 0.29) is 57.5 Å². The Kier molecular flexibility index (Phi) is 54.9. The monoisotopic (exact) mass is 1080 g/mol. The van der Waals surface area contributed by atoms with Crippen molar-refractivity contribution in [1.82, 2.24) is 0 Å². The van der Waals surface area contributed by atoms with E-state index in [1.807, 2.05) is 0 Å². The standard InChI is InChI=1S/C60H117O13P/c1-7-10-13-16-19-22-25-28-31-34-37-40-43-46-58(61)68-52-49-65-55(4)71-74(64,72-56(5)66-50-53-69-59(62)47-44-41-38-35-32-29-26-23-20-17-14-11-8-2)73-57(6)67-51-54-70-60(63)48-45-42-39-36-33-30-27-24-21-18-15-12-9-3/h55-57H,7-54H2,1-6H3. The molecule has 0 radical (unpaired) electrons. The summed E-state index contributed by atoms with van der Waals surface area (Å²) in [4.78, 5) is 37.1. The quantitative estimate of drug-likeness (QED) is 0.0187. The lowest BCUT2D eigenvalue weighted by atomic mass is 10.0. The Morgan fingerprint density at radius 3 is 0.649 bits per heavy atom. The molecule has 3 unspecified atom stereocenters. The van der Waals surface area contributed by atoms with Crippen LogP contribution in [-0.2, 0) is 60.9 Å². The Hall–Kier alpha value is -1.60. The Bertz CT molecular complexity index is 1120. The van der Waals surface area contributed by atoms with Gasteiger partial charge in [0.05, 0.1) is 19.8 Å². The zero-order chi connectivity index (χ0) is 54.3. The van der Waals surface area contributed by atoms with Crippen LogP contribution in [0.15, 0.2) is 0 Å². The van der Waals surface area contributed by atoms with Crippen molar-refractivity contribution in [3.63, 3.8) is 0 Å². The summed E-state index contributed by atoms with van der Waals surface area (Å²) < 4.78 is 64.1. The maximum Gasteiger partial charge on any atom is 0.481 e. The number of carbonyl (C=O) groups is 3. The van der Waals surface area contributed by atoms with E-state index in [4.69, 9.17) is 42.0 Å². The number of hydrogen-bond donors (Lipinski definition) is 0. The number of ether oxygens (including phenoxy) is 6. The minimum absolute atomic E-state index is 0.00102. The molecule has 0 heterocycles. The summed E-state index contributed by atoms with van der Waals surface area (Å²) in [5, 5.41) is 0. The third kappa shape index (κ3) is 53.8. The van der Waals surface area contributed by atoms with Crippen molar-refractivity contribution in [1.29, 1.82) is 0 Å². The minimum atomic E-state index is -4.40.